The fourth-order valence-electron chi connectivity index (χ4n) is 2.81. The van der Waals surface area contributed by atoms with Crippen LogP contribution in [0, 0.1) is 0 Å². The molecule has 0 aliphatic heterocycles. The Labute approximate surface area is 117 Å². The summed E-state index contributed by atoms with van der Waals surface area (Å²) < 4.78 is 4.86. The fourth-order valence-corrected chi connectivity index (χ4v) is 2.81. The Kier molecular flexibility index (Phi) is 2.97. The van der Waals surface area contributed by atoms with Gasteiger partial charge in [0.2, 0.25) is 0 Å². The van der Waals surface area contributed by atoms with Gasteiger partial charge in [-0.05, 0) is 42.2 Å². The number of carbonyl (C=O) groups is 1. The monoisotopic (exact) mass is 268 g/mol. The summed E-state index contributed by atoms with van der Waals surface area (Å²) in [4.78, 5) is 11.9. The van der Waals surface area contributed by atoms with Gasteiger partial charge in [-0.25, -0.2) is 4.79 Å². The third-order valence-corrected chi connectivity index (χ3v) is 4.00. The van der Waals surface area contributed by atoms with Crippen LogP contribution in [0.5, 0.6) is 5.75 Å². The molecule has 1 N–H and O–H groups in total. The number of carbonyl (C=O) groups excluding carboxylic acids is 1. The van der Waals surface area contributed by atoms with E-state index in [1.807, 2.05) is 18.2 Å². The third kappa shape index (κ3) is 1.95. The van der Waals surface area contributed by atoms with Crippen LogP contribution in [0.4, 0.5) is 0 Å². The summed E-state index contributed by atoms with van der Waals surface area (Å²) in [6.07, 6.45) is 1.95. The van der Waals surface area contributed by atoms with Crippen molar-refractivity contribution in [1.82, 2.24) is 0 Å². The summed E-state index contributed by atoms with van der Waals surface area (Å²) in [7, 11) is 1.38. The zero-order chi connectivity index (χ0) is 14.2. The Morgan fingerprint density at radius 2 is 1.85 bits per heavy atom. The summed E-state index contributed by atoms with van der Waals surface area (Å²) in [6, 6.07) is 15.0. The second-order valence-electron chi connectivity index (χ2n) is 5.17. The first kappa shape index (κ1) is 12.7. The molecule has 0 aromatic heterocycles. The summed E-state index contributed by atoms with van der Waals surface area (Å²) in [5, 5.41) is 9.78. The number of methoxy groups -OCH3 is 1. The molecule has 3 rings (SSSR count). The molecule has 0 saturated heterocycles. The second-order valence-corrected chi connectivity index (χ2v) is 5.17. The second kappa shape index (κ2) is 4.67. The van der Waals surface area contributed by atoms with E-state index in [0.717, 1.165) is 18.4 Å². The summed E-state index contributed by atoms with van der Waals surface area (Å²) in [5.74, 6) is -0.183. The van der Waals surface area contributed by atoms with Crippen molar-refractivity contribution in [2.75, 3.05) is 7.11 Å². The summed E-state index contributed by atoms with van der Waals surface area (Å²) in [6.45, 7) is 0. The largest absolute Gasteiger partial charge is 0.508 e. The molecule has 0 spiro atoms. The zero-order valence-electron chi connectivity index (χ0n) is 11.3. The molecular formula is C17H16O3. The van der Waals surface area contributed by atoms with E-state index in [-0.39, 0.29) is 17.1 Å². The van der Waals surface area contributed by atoms with Crippen molar-refractivity contribution < 1.29 is 14.6 Å². The number of ether oxygens (including phenoxy) is 1. The smallest absolute Gasteiger partial charge is 0.338 e. The highest BCUT2D eigenvalue weighted by Crippen LogP contribution is 2.54. The molecule has 20 heavy (non-hydrogen) atoms. The lowest BCUT2D eigenvalue weighted by Crippen LogP contribution is -2.15. The van der Waals surface area contributed by atoms with Crippen LogP contribution in [0.2, 0.25) is 0 Å². The van der Waals surface area contributed by atoms with Crippen LogP contribution < -0.4 is 0 Å². The van der Waals surface area contributed by atoms with Crippen molar-refractivity contribution in [3.05, 3.63) is 65.2 Å². The van der Waals surface area contributed by atoms with Gasteiger partial charge in [-0.15, -0.1) is 0 Å². The number of phenolic OH excluding ortho intramolecular Hbond substituents is 1. The third-order valence-electron chi connectivity index (χ3n) is 4.00. The Balaban J connectivity index is 2.15. The maximum Gasteiger partial charge on any atom is 0.338 e. The van der Waals surface area contributed by atoms with Crippen LogP contribution in [-0.4, -0.2) is 18.2 Å². The quantitative estimate of drug-likeness (QED) is 0.869. The van der Waals surface area contributed by atoms with E-state index >= 15 is 0 Å². The molecule has 2 aromatic rings. The maximum absolute atomic E-state index is 11.9. The van der Waals surface area contributed by atoms with Gasteiger partial charge in [0, 0.05) is 5.41 Å². The highest BCUT2D eigenvalue weighted by atomic mass is 16.5. The van der Waals surface area contributed by atoms with E-state index in [4.69, 9.17) is 4.74 Å². The van der Waals surface area contributed by atoms with Crippen LogP contribution in [0.25, 0.3) is 0 Å². The maximum atomic E-state index is 11.9. The first-order valence-corrected chi connectivity index (χ1v) is 6.65. The zero-order valence-corrected chi connectivity index (χ0v) is 11.3. The number of esters is 1. The molecule has 102 valence electrons. The SMILES string of the molecule is COC(=O)c1ccc(O)cc1C1(c2ccccc2)CC1. The van der Waals surface area contributed by atoms with Gasteiger partial charge >= 0.3 is 5.97 Å². The van der Waals surface area contributed by atoms with Crippen LogP contribution in [0.1, 0.15) is 34.3 Å². The number of hydrogen-bond donors (Lipinski definition) is 1. The lowest BCUT2D eigenvalue weighted by atomic mass is 9.85. The number of benzene rings is 2. The average Bonchev–Trinajstić information content (AvgIpc) is 3.29. The Hall–Kier alpha value is -2.29. The Morgan fingerprint density at radius 1 is 1.15 bits per heavy atom. The number of hydrogen-bond acceptors (Lipinski definition) is 3. The molecule has 0 radical (unpaired) electrons. The minimum absolute atomic E-state index is 0.163. The van der Waals surface area contributed by atoms with Gasteiger partial charge in [0.15, 0.2) is 0 Å². The van der Waals surface area contributed by atoms with E-state index < -0.39 is 0 Å². The molecule has 0 atom stereocenters. The van der Waals surface area contributed by atoms with Crippen molar-refractivity contribution in [3.8, 4) is 5.75 Å². The predicted molar refractivity (Wildman–Crippen MR) is 75.9 cm³/mol. The number of phenols is 1. The van der Waals surface area contributed by atoms with Gasteiger partial charge in [-0.1, -0.05) is 30.3 Å². The van der Waals surface area contributed by atoms with Crippen molar-refractivity contribution in [3.63, 3.8) is 0 Å². The normalized spacial score (nSPS) is 15.7. The van der Waals surface area contributed by atoms with Crippen LogP contribution in [0.3, 0.4) is 0 Å². The highest BCUT2D eigenvalue weighted by molar-refractivity contribution is 5.92. The topological polar surface area (TPSA) is 46.5 Å². The first-order chi connectivity index (χ1) is 9.67. The first-order valence-electron chi connectivity index (χ1n) is 6.65. The van der Waals surface area contributed by atoms with Gasteiger partial charge in [0.05, 0.1) is 12.7 Å². The fraction of sp³-hybridized carbons (Fsp3) is 0.235. The lowest BCUT2D eigenvalue weighted by Gasteiger charge is -2.19. The summed E-state index contributed by atoms with van der Waals surface area (Å²) in [5.41, 5.74) is 2.40. The molecule has 0 amide bonds. The molecular weight excluding hydrogens is 252 g/mol. The minimum atomic E-state index is -0.359. The average molecular weight is 268 g/mol. The Morgan fingerprint density at radius 3 is 2.45 bits per heavy atom. The number of aromatic hydroxyl groups is 1. The Bertz CT molecular complexity index is 643. The van der Waals surface area contributed by atoms with Crippen LogP contribution >= 0.6 is 0 Å². The molecule has 1 saturated carbocycles. The lowest BCUT2D eigenvalue weighted by molar-refractivity contribution is 0.0599. The molecule has 2 aromatic carbocycles. The molecule has 1 fully saturated rings. The van der Waals surface area contributed by atoms with E-state index in [1.54, 1.807) is 12.1 Å². The standard InChI is InChI=1S/C17H16O3/c1-20-16(19)14-8-7-13(18)11-15(14)17(9-10-17)12-5-3-2-4-6-12/h2-8,11,18H,9-10H2,1H3. The molecule has 0 bridgehead atoms. The van der Waals surface area contributed by atoms with Crippen molar-refractivity contribution >= 4 is 5.97 Å². The van der Waals surface area contributed by atoms with Gasteiger partial charge in [0.25, 0.3) is 0 Å². The molecule has 1 aliphatic carbocycles. The number of rotatable bonds is 3. The van der Waals surface area contributed by atoms with Crippen molar-refractivity contribution in [2.45, 2.75) is 18.3 Å². The molecule has 3 heteroatoms. The van der Waals surface area contributed by atoms with E-state index in [9.17, 15) is 9.90 Å². The van der Waals surface area contributed by atoms with Gasteiger partial charge in [-0.2, -0.15) is 0 Å². The minimum Gasteiger partial charge on any atom is -0.508 e. The molecule has 0 heterocycles. The van der Waals surface area contributed by atoms with Crippen molar-refractivity contribution in [2.24, 2.45) is 0 Å². The van der Waals surface area contributed by atoms with Gasteiger partial charge in [0.1, 0.15) is 5.75 Å². The molecule has 3 nitrogen and oxygen atoms in total. The van der Waals surface area contributed by atoms with E-state index in [0.29, 0.717) is 5.56 Å². The highest BCUT2D eigenvalue weighted by Gasteiger charge is 2.47. The van der Waals surface area contributed by atoms with Crippen LogP contribution in [-0.2, 0) is 10.2 Å². The predicted octanol–water partition coefficient (Wildman–Crippen LogP) is 3.26. The van der Waals surface area contributed by atoms with Crippen molar-refractivity contribution in [1.29, 1.82) is 0 Å². The van der Waals surface area contributed by atoms with Gasteiger partial charge in [-0.3, -0.25) is 0 Å². The van der Waals surface area contributed by atoms with Gasteiger partial charge < -0.3 is 9.84 Å². The molecule has 0 unspecified atom stereocenters. The van der Waals surface area contributed by atoms with Crippen LogP contribution in [0.15, 0.2) is 48.5 Å². The van der Waals surface area contributed by atoms with E-state index in [1.165, 1.54) is 18.7 Å². The summed E-state index contributed by atoms with van der Waals surface area (Å²) >= 11 is 0. The van der Waals surface area contributed by atoms with E-state index in [2.05, 4.69) is 12.1 Å². The molecule has 1 aliphatic rings.